The van der Waals surface area contributed by atoms with Crippen LogP contribution in [0.2, 0.25) is 0 Å². The largest absolute Gasteiger partial charge is 0.493 e. The summed E-state index contributed by atoms with van der Waals surface area (Å²) in [6.07, 6.45) is 15.7. The first-order valence-electron chi connectivity index (χ1n) is 10.6. The van der Waals surface area contributed by atoms with Crippen LogP contribution in [0.4, 0.5) is 0 Å². The Balaban J connectivity index is 1.96. The Kier molecular flexibility index (Phi) is 13.9. The lowest BCUT2D eigenvalue weighted by atomic mass is 10.0. The molecule has 4 atom stereocenters. The van der Waals surface area contributed by atoms with Gasteiger partial charge in [-0.2, -0.15) is 0 Å². The van der Waals surface area contributed by atoms with Crippen LogP contribution in [0, 0.1) is 0 Å². The fraction of sp³-hybridized carbons (Fsp3) is 0.905. The van der Waals surface area contributed by atoms with Gasteiger partial charge in [0.25, 0.3) is 0 Å². The van der Waals surface area contributed by atoms with E-state index in [0.717, 1.165) is 12.8 Å². The van der Waals surface area contributed by atoms with Crippen molar-refractivity contribution in [2.75, 3.05) is 13.2 Å². The van der Waals surface area contributed by atoms with E-state index >= 15 is 0 Å². The summed E-state index contributed by atoms with van der Waals surface area (Å²) < 4.78 is 10.6. The SMILES string of the molecule is CCCCCCCCCCCCC/C=C/O[C@@H]1[C@@H](O)[C@H](CO)OC[C@H]1O. The smallest absolute Gasteiger partial charge is 0.154 e. The van der Waals surface area contributed by atoms with Crippen LogP contribution >= 0.6 is 0 Å². The minimum absolute atomic E-state index is 0.0688. The molecule has 0 aliphatic carbocycles. The zero-order valence-corrected chi connectivity index (χ0v) is 16.5. The van der Waals surface area contributed by atoms with E-state index in [0.29, 0.717) is 0 Å². The average molecular weight is 373 g/mol. The molecule has 3 N–H and O–H groups in total. The van der Waals surface area contributed by atoms with Crippen LogP contribution in [0.15, 0.2) is 12.3 Å². The van der Waals surface area contributed by atoms with Gasteiger partial charge in [0.05, 0.1) is 19.5 Å². The first-order chi connectivity index (χ1) is 12.7. The average Bonchev–Trinajstić information content (AvgIpc) is 2.64. The Morgan fingerprint density at radius 2 is 1.50 bits per heavy atom. The number of rotatable bonds is 15. The van der Waals surface area contributed by atoms with Crippen LogP contribution < -0.4 is 0 Å². The summed E-state index contributed by atoms with van der Waals surface area (Å²) in [5.74, 6) is 0. The zero-order chi connectivity index (χ0) is 19.0. The van der Waals surface area contributed by atoms with Gasteiger partial charge in [0, 0.05) is 0 Å². The molecule has 1 aliphatic rings. The molecular weight excluding hydrogens is 332 g/mol. The third-order valence-electron chi connectivity index (χ3n) is 5.06. The van der Waals surface area contributed by atoms with E-state index in [4.69, 9.17) is 14.6 Å². The van der Waals surface area contributed by atoms with Crippen molar-refractivity contribution in [1.82, 2.24) is 0 Å². The minimum Gasteiger partial charge on any atom is -0.493 e. The molecule has 0 saturated carbocycles. The summed E-state index contributed by atoms with van der Waals surface area (Å²) in [5, 5.41) is 28.9. The highest BCUT2D eigenvalue weighted by Gasteiger charge is 2.39. The van der Waals surface area contributed by atoms with Crippen LogP contribution in [0.1, 0.15) is 84.0 Å². The van der Waals surface area contributed by atoms with E-state index in [9.17, 15) is 10.2 Å². The van der Waals surface area contributed by atoms with E-state index in [1.54, 1.807) is 6.26 Å². The Hall–Kier alpha value is -0.620. The monoisotopic (exact) mass is 372 g/mol. The normalized spacial score (nSPS) is 26.5. The molecule has 0 aromatic heterocycles. The van der Waals surface area contributed by atoms with Crippen LogP contribution in [0.3, 0.4) is 0 Å². The van der Waals surface area contributed by atoms with Gasteiger partial charge >= 0.3 is 0 Å². The maximum absolute atomic E-state index is 10.00. The molecule has 5 heteroatoms. The van der Waals surface area contributed by atoms with Crippen molar-refractivity contribution < 1.29 is 24.8 Å². The van der Waals surface area contributed by atoms with Gasteiger partial charge in [-0.25, -0.2) is 0 Å². The molecule has 1 saturated heterocycles. The Morgan fingerprint density at radius 3 is 2.08 bits per heavy atom. The van der Waals surface area contributed by atoms with E-state index in [2.05, 4.69) is 6.92 Å². The molecular formula is C21H40O5. The van der Waals surface area contributed by atoms with Crippen LogP contribution in [0.25, 0.3) is 0 Å². The quantitative estimate of drug-likeness (QED) is 0.302. The van der Waals surface area contributed by atoms with Gasteiger partial charge in [-0.1, -0.05) is 71.1 Å². The number of aliphatic hydroxyl groups is 3. The number of hydrogen-bond acceptors (Lipinski definition) is 5. The van der Waals surface area contributed by atoms with E-state index in [1.807, 2.05) is 6.08 Å². The van der Waals surface area contributed by atoms with Crippen molar-refractivity contribution in [2.24, 2.45) is 0 Å². The van der Waals surface area contributed by atoms with Gasteiger partial charge in [0.15, 0.2) is 6.10 Å². The summed E-state index contributed by atoms with van der Waals surface area (Å²) in [5.41, 5.74) is 0. The van der Waals surface area contributed by atoms with Crippen LogP contribution in [-0.2, 0) is 9.47 Å². The molecule has 1 heterocycles. The summed E-state index contributed by atoms with van der Waals surface area (Å²) in [4.78, 5) is 0. The predicted octanol–water partition coefficient (Wildman–Crippen LogP) is 3.70. The van der Waals surface area contributed by atoms with Gasteiger partial charge in [0.1, 0.15) is 18.3 Å². The van der Waals surface area contributed by atoms with Crippen LogP contribution in [-0.4, -0.2) is 52.9 Å². The second-order valence-electron chi connectivity index (χ2n) is 7.41. The zero-order valence-electron chi connectivity index (χ0n) is 16.5. The number of ether oxygens (including phenoxy) is 2. The Bertz CT molecular complexity index is 347. The summed E-state index contributed by atoms with van der Waals surface area (Å²) in [6, 6.07) is 0. The topological polar surface area (TPSA) is 79.2 Å². The maximum Gasteiger partial charge on any atom is 0.154 e. The van der Waals surface area contributed by atoms with E-state index < -0.39 is 24.4 Å². The minimum atomic E-state index is -1.02. The van der Waals surface area contributed by atoms with Gasteiger partial charge in [-0.05, 0) is 18.9 Å². The van der Waals surface area contributed by atoms with Crippen LogP contribution in [0.5, 0.6) is 0 Å². The van der Waals surface area contributed by atoms with Crippen molar-refractivity contribution >= 4 is 0 Å². The highest BCUT2D eigenvalue weighted by Crippen LogP contribution is 2.19. The highest BCUT2D eigenvalue weighted by molar-refractivity contribution is 4.89. The highest BCUT2D eigenvalue weighted by atomic mass is 16.6. The molecule has 5 nitrogen and oxygen atoms in total. The second-order valence-corrected chi connectivity index (χ2v) is 7.41. The fourth-order valence-electron chi connectivity index (χ4n) is 3.33. The van der Waals surface area contributed by atoms with Gasteiger partial charge in [0.2, 0.25) is 0 Å². The van der Waals surface area contributed by atoms with E-state index in [-0.39, 0.29) is 13.2 Å². The standard InChI is InChI=1S/C21H40O5/c1-2-3-4-5-6-7-8-9-10-11-12-13-14-15-25-21-18(23)17-26-19(16-22)20(21)24/h14-15,18-24H,2-13,16-17H2,1H3/b15-14+/t18-,19+,20+,21+/m1/s1. The lowest BCUT2D eigenvalue weighted by Crippen LogP contribution is -2.54. The van der Waals surface area contributed by atoms with Gasteiger partial charge in [-0.3, -0.25) is 0 Å². The van der Waals surface area contributed by atoms with Crippen molar-refractivity contribution in [3.8, 4) is 0 Å². The molecule has 0 unspecified atom stereocenters. The maximum atomic E-state index is 10.00. The van der Waals surface area contributed by atoms with Gasteiger partial charge in [-0.15, -0.1) is 0 Å². The molecule has 1 aliphatic heterocycles. The molecule has 1 fully saturated rings. The molecule has 0 aromatic rings. The van der Waals surface area contributed by atoms with Crippen molar-refractivity contribution in [3.05, 3.63) is 12.3 Å². The van der Waals surface area contributed by atoms with Crippen molar-refractivity contribution in [3.63, 3.8) is 0 Å². The molecule has 0 aromatic carbocycles. The molecule has 0 amide bonds. The molecule has 0 spiro atoms. The number of allylic oxidation sites excluding steroid dienone is 1. The lowest BCUT2D eigenvalue weighted by molar-refractivity contribution is -0.197. The summed E-state index contributed by atoms with van der Waals surface area (Å²) in [6.45, 7) is 2.04. The van der Waals surface area contributed by atoms with Gasteiger partial charge < -0.3 is 24.8 Å². The molecule has 154 valence electrons. The number of unbranched alkanes of at least 4 members (excludes halogenated alkanes) is 11. The second kappa shape index (κ2) is 15.4. The summed E-state index contributed by atoms with van der Waals surface area (Å²) in [7, 11) is 0. The molecule has 0 radical (unpaired) electrons. The first-order valence-corrected chi connectivity index (χ1v) is 10.6. The summed E-state index contributed by atoms with van der Waals surface area (Å²) >= 11 is 0. The lowest BCUT2D eigenvalue weighted by Gasteiger charge is -2.36. The molecule has 0 bridgehead atoms. The third-order valence-corrected chi connectivity index (χ3v) is 5.06. The number of aliphatic hydroxyl groups excluding tert-OH is 3. The Morgan fingerprint density at radius 1 is 0.923 bits per heavy atom. The Labute approximate surface area is 159 Å². The third kappa shape index (κ3) is 9.91. The predicted molar refractivity (Wildman–Crippen MR) is 104 cm³/mol. The first kappa shape index (κ1) is 23.4. The van der Waals surface area contributed by atoms with Crippen molar-refractivity contribution in [1.29, 1.82) is 0 Å². The van der Waals surface area contributed by atoms with Crippen molar-refractivity contribution in [2.45, 2.75) is 108 Å². The van der Waals surface area contributed by atoms with E-state index in [1.165, 1.54) is 64.2 Å². The fourth-order valence-corrected chi connectivity index (χ4v) is 3.33. The molecule has 26 heavy (non-hydrogen) atoms. The number of hydrogen-bond donors (Lipinski definition) is 3. The molecule has 1 rings (SSSR count).